The van der Waals surface area contributed by atoms with Crippen LogP contribution in [-0.2, 0) is 9.53 Å². The van der Waals surface area contributed by atoms with Crippen molar-refractivity contribution >= 4 is 43.8 Å². The average molecular weight is 534 g/mol. The van der Waals surface area contributed by atoms with Gasteiger partial charge >= 0.3 is 11.9 Å². The Morgan fingerprint density at radius 3 is 2.30 bits per heavy atom. The molecule has 0 atom stereocenters. The molecule has 0 aromatic heterocycles. The molecule has 0 amide bonds. The van der Waals surface area contributed by atoms with E-state index in [1.165, 1.54) is 6.07 Å². The van der Waals surface area contributed by atoms with Crippen LogP contribution in [-0.4, -0.2) is 25.2 Å². The van der Waals surface area contributed by atoms with Gasteiger partial charge in [-0.2, -0.15) is 0 Å². The predicted molar refractivity (Wildman–Crippen MR) is 121 cm³/mol. The number of carbonyl (C=O) groups is 2. The van der Waals surface area contributed by atoms with Gasteiger partial charge in [-0.3, -0.25) is 0 Å². The molecular weight excluding hydrogens is 516 g/mol. The Kier molecular flexibility index (Phi) is 7.65. The van der Waals surface area contributed by atoms with Crippen LogP contribution in [0.2, 0.25) is 0 Å². The number of carbonyl (C=O) groups excluding carboxylic acids is 2. The number of ether oxygens (including phenoxy) is 3. The first-order valence-electron chi connectivity index (χ1n) is 9.13. The first-order valence-corrected chi connectivity index (χ1v) is 10.7. The van der Waals surface area contributed by atoms with Gasteiger partial charge in [0, 0.05) is 4.47 Å². The second kappa shape index (κ2) is 10.4. The lowest BCUT2D eigenvalue weighted by molar-refractivity contribution is -0.136. The summed E-state index contributed by atoms with van der Waals surface area (Å²) in [6.07, 6.45) is 0. The molecule has 7 heteroatoms. The van der Waals surface area contributed by atoms with Gasteiger partial charge in [-0.05, 0) is 64.3 Å². The number of hydrogen-bond acceptors (Lipinski definition) is 5. The molecule has 3 aromatic carbocycles. The fourth-order valence-electron chi connectivity index (χ4n) is 2.68. The van der Waals surface area contributed by atoms with Crippen LogP contribution >= 0.6 is 31.9 Å². The van der Waals surface area contributed by atoms with Crippen LogP contribution in [0.4, 0.5) is 0 Å². The number of hydrogen-bond donors (Lipinski definition) is 0. The topological polar surface area (TPSA) is 61.8 Å². The van der Waals surface area contributed by atoms with E-state index >= 15 is 0 Å². The van der Waals surface area contributed by atoms with Gasteiger partial charge in [0.25, 0.3) is 0 Å². The zero-order valence-corrected chi connectivity index (χ0v) is 19.2. The van der Waals surface area contributed by atoms with Crippen LogP contribution < -0.4 is 9.47 Å². The Morgan fingerprint density at radius 2 is 1.60 bits per heavy atom. The number of halogens is 2. The molecule has 0 saturated heterocycles. The molecule has 5 nitrogen and oxygen atoms in total. The van der Waals surface area contributed by atoms with E-state index in [1.54, 1.807) is 25.1 Å². The summed E-state index contributed by atoms with van der Waals surface area (Å²) in [6, 6.07) is 20.3. The Balaban J connectivity index is 1.66. The highest BCUT2D eigenvalue weighted by Crippen LogP contribution is 2.31. The molecule has 3 rings (SSSR count). The van der Waals surface area contributed by atoms with E-state index in [4.69, 9.17) is 14.2 Å². The van der Waals surface area contributed by atoms with Gasteiger partial charge in [-0.25, -0.2) is 9.59 Å². The van der Waals surface area contributed by atoms with Gasteiger partial charge in [-0.15, -0.1) is 0 Å². The average Bonchev–Trinajstić information content (AvgIpc) is 2.75. The van der Waals surface area contributed by atoms with Gasteiger partial charge < -0.3 is 14.2 Å². The summed E-state index contributed by atoms with van der Waals surface area (Å²) >= 11 is 6.77. The third-order valence-corrected chi connectivity index (χ3v) is 5.16. The summed E-state index contributed by atoms with van der Waals surface area (Å²) in [4.78, 5) is 24.4. The Morgan fingerprint density at radius 1 is 0.867 bits per heavy atom. The number of benzene rings is 3. The van der Waals surface area contributed by atoms with E-state index in [0.29, 0.717) is 14.7 Å². The monoisotopic (exact) mass is 532 g/mol. The van der Waals surface area contributed by atoms with E-state index in [2.05, 4.69) is 31.9 Å². The van der Waals surface area contributed by atoms with Gasteiger partial charge in [0.1, 0.15) is 17.1 Å². The maximum Gasteiger partial charge on any atom is 0.349 e. The van der Waals surface area contributed by atoms with E-state index < -0.39 is 11.9 Å². The third kappa shape index (κ3) is 5.70. The first kappa shape index (κ1) is 22.1. The Labute approximate surface area is 191 Å². The van der Waals surface area contributed by atoms with Crippen molar-refractivity contribution in [2.75, 3.05) is 13.2 Å². The minimum atomic E-state index is -0.637. The molecule has 0 saturated carbocycles. The van der Waals surface area contributed by atoms with Crippen LogP contribution in [0.5, 0.6) is 11.5 Å². The van der Waals surface area contributed by atoms with Crippen molar-refractivity contribution in [2.45, 2.75) is 6.92 Å². The zero-order valence-electron chi connectivity index (χ0n) is 16.1. The molecular formula is C23H18Br2O5. The van der Waals surface area contributed by atoms with Crippen LogP contribution in [0.15, 0.2) is 75.7 Å². The molecule has 154 valence electrons. The minimum absolute atomic E-state index is 0.115. The van der Waals surface area contributed by atoms with Gasteiger partial charge in [0.2, 0.25) is 0 Å². The fourth-order valence-corrected chi connectivity index (χ4v) is 3.53. The van der Waals surface area contributed by atoms with Crippen molar-refractivity contribution in [3.63, 3.8) is 0 Å². The lowest BCUT2D eigenvalue weighted by Crippen LogP contribution is -2.19. The van der Waals surface area contributed by atoms with Crippen LogP contribution in [0.1, 0.15) is 17.3 Å². The molecule has 0 aliphatic carbocycles. The van der Waals surface area contributed by atoms with E-state index in [9.17, 15) is 9.59 Å². The minimum Gasteiger partial charge on any atom is -0.481 e. The summed E-state index contributed by atoms with van der Waals surface area (Å²) < 4.78 is 17.3. The second-order valence-electron chi connectivity index (χ2n) is 6.13. The highest BCUT2D eigenvalue weighted by Gasteiger charge is 2.18. The van der Waals surface area contributed by atoms with Crippen LogP contribution in [0.25, 0.3) is 11.1 Å². The summed E-state index contributed by atoms with van der Waals surface area (Å²) in [6.45, 7) is 1.60. The summed E-state index contributed by atoms with van der Waals surface area (Å²) in [5, 5.41) is 0. The lowest BCUT2D eigenvalue weighted by atomic mass is 10.1. The van der Waals surface area contributed by atoms with Crippen molar-refractivity contribution < 1.29 is 23.8 Å². The molecule has 0 radical (unpaired) electrons. The van der Waals surface area contributed by atoms with E-state index in [1.807, 2.05) is 42.5 Å². The summed E-state index contributed by atoms with van der Waals surface area (Å²) in [7, 11) is 0. The molecule has 0 bridgehead atoms. The molecule has 0 heterocycles. The Bertz CT molecular complexity index is 1050. The van der Waals surface area contributed by atoms with Gasteiger partial charge in [0.05, 0.1) is 11.1 Å². The predicted octanol–water partition coefficient (Wildman–Crippen LogP) is 6.04. The van der Waals surface area contributed by atoms with Crippen LogP contribution in [0.3, 0.4) is 0 Å². The molecule has 30 heavy (non-hydrogen) atoms. The van der Waals surface area contributed by atoms with Crippen molar-refractivity contribution in [1.29, 1.82) is 0 Å². The summed E-state index contributed by atoms with van der Waals surface area (Å²) in [5.74, 6) is -0.583. The van der Waals surface area contributed by atoms with Gasteiger partial charge in [0.15, 0.2) is 6.61 Å². The molecule has 0 fully saturated rings. The molecule has 0 aliphatic rings. The highest BCUT2D eigenvalue weighted by atomic mass is 79.9. The van der Waals surface area contributed by atoms with Crippen molar-refractivity contribution in [3.05, 3.63) is 81.2 Å². The van der Waals surface area contributed by atoms with Gasteiger partial charge in [-0.1, -0.05) is 52.3 Å². The molecule has 0 aliphatic heterocycles. The fraction of sp³-hybridized carbons (Fsp3) is 0.130. The normalized spacial score (nSPS) is 10.4. The van der Waals surface area contributed by atoms with E-state index in [0.717, 1.165) is 11.1 Å². The smallest absolute Gasteiger partial charge is 0.349 e. The lowest BCUT2D eigenvalue weighted by Gasteiger charge is -2.12. The van der Waals surface area contributed by atoms with Crippen molar-refractivity contribution in [1.82, 2.24) is 0 Å². The molecule has 0 unspecified atom stereocenters. The zero-order chi connectivity index (χ0) is 21.5. The third-order valence-electron chi connectivity index (χ3n) is 4.05. The second-order valence-corrected chi connectivity index (χ2v) is 7.90. The maximum absolute atomic E-state index is 12.3. The summed E-state index contributed by atoms with van der Waals surface area (Å²) in [5.41, 5.74) is 2.25. The number of rotatable bonds is 7. The molecule has 0 N–H and O–H groups in total. The van der Waals surface area contributed by atoms with Crippen molar-refractivity contribution in [2.24, 2.45) is 0 Å². The molecule has 0 spiro atoms. The van der Waals surface area contributed by atoms with Crippen molar-refractivity contribution in [3.8, 4) is 22.6 Å². The highest BCUT2D eigenvalue weighted by molar-refractivity contribution is 9.10. The Hall–Kier alpha value is -2.64. The first-order chi connectivity index (χ1) is 14.5. The quantitative estimate of drug-likeness (QED) is 0.273. The standard InChI is InChI=1S/C23H18Br2O5/c1-2-28-23(27)18-13-17(24)9-11-20(18)30-22(26)14-29-21-10-8-16(12-19(21)25)15-6-4-3-5-7-15/h3-13H,2,14H2,1H3. The largest absolute Gasteiger partial charge is 0.481 e. The number of esters is 2. The van der Waals surface area contributed by atoms with Crippen LogP contribution in [0, 0.1) is 0 Å². The SMILES string of the molecule is CCOC(=O)c1cc(Br)ccc1OC(=O)COc1ccc(-c2ccccc2)cc1Br. The maximum atomic E-state index is 12.3. The molecule has 3 aromatic rings. The van der Waals surface area contributed by atoms with E-state index in [-0.39, 0.29) is 24.5 Å².